The van der Waals surface area contributed by atoms with Gasteiger partial charge in [-0.05, 0) is 37.2 Å². The molecule has 0 saturated heterocycles. The fourth-order valence-electron chi connectivity index (χ4n) is 3.20. The van der Waals surface area contributed by atoms with Gasteiger partial charge in [0.05, 0.1) is 0 Å². The van der Waals surface area contributed by atoms with E-state index in [-0.39, 0.29) is 6.42 Å². The lowest BCUT2D eigenvalue weighted by molar-refractivity contribution is -0.137. The summed E-state index contributed by atoms with van der Waals surface area (Å²) in [6.45, 7) is 10.2. The molecular formula is C26H52O4S2. The number of aliphatic carboxylic acids is 2. The van der Waals surface area contributed by atoms with Gasteiger partial charge in [-0.1, -0.05) is 105 Å². The SMILES string of the molecule is CCC(=O)O.CCCCCCCCCCCCSC(C)(SCC(CC)CCCC)C(=O)O. The number of carbonyl (C=O) groups is 2. The highest BCUT2D eigenvalue weighted by molar-refractivity contribution is 8.19. The summed E-state index contributed by atoms with van der Waals surface area (Å²) in [6, 6.07) is 0. The van der Waals surface area contributed by atoms with E-state index >= 15 is 0 Å². The Morgan fingerprint density at radius 2 is 1.22 bits per heavy atom. The first-order valence-corrected chi connectivity index (χ1v) is 15.0. The lowest BCUT2D eigenvalue weighted by atomic mass is 10.0. The number of thioether (sulfide) groups is 2. The standard InChI is InChI=1S/C23H46O2S2.C3H6O2/c1-5-8-10-11-12-13-14-15-16-17-19-26-23(4,22(24)25)27-20-21(7-3)18-9-6-2;1-2-3(4)5/h21H,5-20H2,1-4H3,(H,24,25);2H2,1H3,(H,4,5). The number of unbranched alkanes of at least 4 members (excludes halogenated alkanes) is 10. The summed E-state index contributed by atoms with van der Waals surface area (Å²) < 4.78 is -0.682. The smallest absolute Gasteiger partial charge is 0.329 e. The van der Waals surface area contributed by atoms with Crippen molar-refractivity contribution < 1.29 is 19.8 Å². The summed E-state index contributed by atoms with van der Waals surface area (Å²) in [7, 11) is 0. The number of carboxylic acid groups (broad SMARTS) is 2. The van der Waals surface area contributed by atoms with Crippen LogP contribution in [0.4, 0.5) is 0 Å². The summed E-state index contributed by atoms with van der Waals surface area (Å²) in [5, 5.41) is 17.4. The van der Waals surface area contributed by atoms with Crippen LogP contribution < -0.4 is 0 Å². The van der Waals surface area contributed by atoms with Crippen molar-refractivity contribution in [2.45, 2.75) is 135 Å². The van der Waals surface area contributed by atoms with Crippen LogP contribution in [0.2, 0.25) is 0 Å². The van der Waals surface area contributed by atoms with Crippen LogP contribution in [-0.2, 0) is 9.59 Å². The van der Waals surface area contributed by atoms with Crippen molar-refractivity contribution >= 4 is 35.5 Å². The van der Waals surface area contributed by atoms with Gasteiger partial charge in [0.15, 0.2) is 4.08 Å². The van der Waals surface area contributed by atoms with Crippen LogP contribution in [0.1, 0.15) is 131 Å². The quantitative estimate of drug-likeness (QED) is 0.123. The fourth-order valence-corrected chi connectivity index (χ4v) is 5.93. The van der Waals surface area contributed by atoms with Gasteiger partial charge in [0.25, 0.3) is 0 Å². The van der Waals surface area contributed by atoms with Crippen molar-refractivity contribution in [3.63, 3.8) is 0 Å². The van der Waals surface area contributed by atoms with E-state index in [1.807, 2.05) is 6.92 Å². The first-order chi connectivity index (χ1) is 15.3. The predicted molar refractivity (Wildman–Crippen MR) is 144 cm³/mol. The van der Waals surface area contributed by atoms with Gasteiger partial charge < -0.3 is 10.2 Å². The highest BCUT2D eigenvalue weighted by Gasteiger charge is 2.34. The molecule has 0 rings (SSSR count). The molecule has 6 heteroatoms. The molecule has 0 aliphatic heterocycles. The molecule has 0 spiro atoms. The van der Waals surface area contributed by atoms with Crippen LogP contribution in [-0.4, -0.2) is 37.7 Å². The van der Waals surface area contributed by atoms with Crippen molar-refractivity contribution in [1.29, 1.82) is 0 Å². The summed E-state index contributed by atoms with van der Waals surface area (Å²) in [6.07, 6.45) is 18.4. The maximum atomic E-state index is 11.8. The molecule has 0 radical (unpaired) electrons. The molecule has 0 fully saturated rings. The third-order valence-electron chi connectivity index (χ3n) is 5.70. The minimum atomic E-state index is -0.745. The van der Waals surface area contributed by atoms with E-state index in [4.69, 9.17) is 5.11 Å². The largest absolute Gasteiger partial charge is 0.481 e. The Morgan fingerprint density at radius 3 is 1.62 bits per heavy atom. The predicted octanol–water partition coefficient (Wildman–Crippen LogP) is 8.87. The maximum Gasteiger partial charge on any atom is 0.329 e. The molecule has 192 valence electrons. The third-order valence-corrected chi connectivity index (χ3v) is 8.99. The first-order valence-electron chi connectivity index (χ1n) is 13.0. The molecule has 0 saturated carbocycles. The molecule has 4 nitrogen and oxygen atoms in total. The molecule has 0 aliphatic carbocycles. The Balaban J connectivity index is 0. The Labute approximate surface area is 207 Å². The molecule has 0 aromatic rings. The molecule has 2 atom stereocenters. The fraction of sp³-hybridized carbons (Fsp3) is 0.923. The van der Waals surface area contributed by atoms with Gasteiger partial charge in [-0.25, -0.2) is 4.79 Å². The van der Waals surface area contributed by atoms with Crippen LogP contribution in [0.5, 0.6) is 0 Å². The van der Waals surface area contributed by atoms with E-state index < -0.39 is 16.0 Å². The number of hydrogen-bond donors (Lipinski definition) is 2. The van der Waals surface area contributed by atoms with Gasteiger partial charge in [-0.3, -0.25) is 4.79 Å². The van der Waals surface area contributed by atoms with Gasteiger partial charge in [-0.2, -0.15) is 0 Å². The number of hydrogen-bond acceptors (Lipinski definition) is 4. The highest BCUT2D eigenvalue weighted by Crippen LogP contribution is 2.39. The zero-order valence-electron chi connectivity index (χ0n) is 21.6. The van der Waals surface area contributed by atoms with Crippen LogP contribution in [0, 0.1) is 5.92 Å². The lowest BCUT2D eigenvalue weighted by Crippen LogP contribution is -2.29. The topological polar surface area (TPSA) is 74.6 Å². The molecule has 2 unspecified atom stereocenters. The van der Waals surface area contributed by atoms with Crippen molar-refractivity contribution in [2.75, 3.05) is 11.5 Å². The van der Waals surface area contributed by atoms with E-state index in [1.54, 1.807) is 30.4 Å². The van der Waals surface area contributed by atoms with Gasteiger partial charge >= 0.3 is 11.9 Å². The molecule has 0 aromatic heterocycles. The Kier molecular flexibility index (Phi) is 25.1. The lowest BCUT2D eigenvalue weighted by Gasteiger charge is -2.26. The third kappa shape index (κ3) is 21.5. The van der Waals surface area contributed by atoms with Gasteiger partial charge in [0.1, 0.15) is 0 Å². The zero-order valence-corrected chi connectivity index (χ0v) is 23.3. The van der Waals surface area contributed by atoms with E-state index in [1.165, 1.54) is 77.0 Å². The van der Waals surface area contributed by atoms with Crippen molar-refractivity contribution in [1.82, 2.24) is 0 Å². The molecule has 32 heavy (non-hydrogen) atoms. The second kappa shape index (κ2) is 23.8. The van der Waals surface area contributed by atoms with Gasteiger partial charge in [0.2, 0.25) is 0 Å². The van der Waals surface area contributed by atoms with Crippen molar-refractivity contribution in [2.24, 2.45) is 5.92 Å². The van der Waals surface area contributed by atoms with E-state index in [9.17, 15) is 14.7 Å². The van der Waals surface area contributed by atoms with Gasteiger partial charge in [-0.15, -0.1) is 23.5 Å². The van der Waals surface area contributed by atoms with E-state index in [2.05, 4.69) is 20.8 Å². The van der Waals surface area contributed by atoms with Crippen LogP contribution in [0.15, 0.2) is 0 Å². The average Bonchev–Trinajstić information content (AvgIpc) is 2.77. The van der Waals surface area contributed by atoms with Crippen molar-refractivity contribution in [3.8, 4) is 0 Å². The molecular weight excluding hydrogens is 440 g/mol. The van der Waals surface area contributed by atoms with Gasteiger partial charge in [0, 0.05) is 6.42 Å². The summed E-state index contributed by atoms with van der Waals surface area (Å²) >= 11 is 3.31. The maximum absolute atomic E-state index is 11.8. The Hall–Kier alpha value is -0.360. The molecule has 0 heterocycles. The Morgan fingerprint density at radius 1 is 0.750 bits per heavy atom. The molecule has 2 N–H and O–H groups in total. The van der Waals surface area contributed by atoms with Crippen LogP contribution in [0.3, 0.4) is 0 Å². The normalized spacial score (nSPS) is 13.7. The zero-order chi connectivity index (χ0) is 24.7. The van der Waals surface area contributed by atoms with E-state index in [0.29, 0.717) is 5.92 Å². The molecule has 0 aliphatic rings. The average molecular weight is 493 g/mol. The summed E-state index contributed by atoms with van der Waals surface area (Å²) in [5.74, 6) is 1.20. The molecule has 0 aromatic carbocycles. The second-order valence-electron chi connectivity index (χ2n) is 8.76. The van der Waals surface area contributed by atoms with Crippen LogP contribution in [0.25, 0.3) is 0 Å². The summed E-state index contributed by atoms with van der Waals surface area (Å²) in [5.41, 5.74) is 0. The van der Waals surface area contributed by atoms with Crippen molar-refractivity contribution in [3.05, 3.63) is 0 Å². The summed E-state index contributed by atoms with van der Waals surface area (Å²) in [4.78, 5) is 21.2. The number of rotatable bonds is 21. The molecule has 0 bridgehead atoms. The second-order valence-corrected chi connectivity index (χ2v) is 12.0. The highest BCUT2D eigenvalue weighted by atomic mass is 32.2. The number of carboxylic acids is 2. The van der Waals surface area contributed by atoms with E-state index in [0.717, 1.165) is 24.3 Å². The monoisotopic (exact) mass is 492 g/mol. The Bertz CT molecular complexity index is 446. The minimum Gasteiger partial charge on any atom is -0.481 e. The first kappa shape index (κ1) is 33.8. The van der Waals surface area contributed by atoms with Crippen LogP contribution >= 0.6 is 23.5 Å². The minimum absolute atomic E-state index is 0.222. The molecule has 0 amide bonds.